The first-order valence-electron chi connectivity index (χ1n) is 6.70. The van der Waals surface area contributed by atoms with Gasteiger partial charge in [0.1, 0.15) is 5.75 Å². The van der Waals surface area contributed by atoms with E-state index in [1.807, 2.05) is 13.0 Å². The Hall–Kier alpha value is -1.61. The van der Waals surface area contributed by atoms with Crippen LogP contribution in [0.25, 0.3) is 10.9 Å². The number of pyridine rings is 1. The fraction of sp³-hybridized carbons (Fsp3) is 0.438. The highest BCUT2D eigenvalue weighted by Gasteiger charge is 2.10. The second kappa shape index (κ2) is 5.57. The van der Waals surface area contributed by atoms with E-state index in [9.17, 15) is 0 Å². The Balaban J connectivity index is 2.57. The van der Waals surface area contributed by atoms with E-state index in [0.29, 0.717) is 12.5 Å². The fourth-order valence-corrected chi connectivity index (χ4v) is 2.44. The molecule has 0 aliphatic rings. The normalized spacial score (nSPS) is 12.7. The molecule has 1 aromatic carbocycles. The number of aromatic nitrogens is 1. The highest BCUT2D eigenvalue weighted by molar-refractivity contribution is 5.88. The van der Waals surface area contributed by atoms with Gasteiger partial charge in [-0.15, -0.1) is 0 Å². The molecule has 0 amide bonds. The van der Waals surface area contributed by atoms with Crippen molar-refractivity contribution in [2.75, 3.05) is 13.7 Å². The lowest BCUT2D eigenvalue weighted by Crippen LogP contribution is -2.13. The summed E-state index contributed by atoms with van der Waals surface area (Å²) >= 11 is 0. The van der Waals surface area contributed by atoms with Gasteiger partial charge in [-0.3, -0.25) is 4.98 Å². The minimum atomic E-state index is 0.487. The number of rotatable bonds is 4. The summed E-state index contributed by atoms with van der Waals surface area (Å²) in [7, 11) is 1.71. The van der Waals surface area contributed by atoms with Gasteiger partial charge >= 0.3 is 0 Å². The summed E-state index contributed by atoms with van der Waals surface area (Å²) < 4.78 is 5.48. The van der Waals surface area contributed by atoms with Crippen LogP contribution in [0, 0.1) is 19.8 Å². The van der Waals surface area contributed by atoms with Crippen LogP contribution >= 0.6 is 0 Å². The first kappa shape index (κ1) is 13.8. The number of benzene rings is 1. The number of aryl methyl sites for hydroxylation is 2. The van der Waals surface area contributed by atoms with Gasteiger partial charge in [0.15, 0.2) is 0 Å². The van der Waals surface area contributed by atoms with E-state index < -0.39 is 0 Å². The third kappa shape index (κ3) is 2.87. The summed E-state index contributed by atoms with van der Waals surface area (Å²) in [6, 6.07) is 6.37. The maximum absolute atomic E-state index is 5.71. The Morgan fingerprint density at radius 1 is 1.26 bits per heavy atom. The van der Waals surface area contributed by atoms with Gasteiger partial charge in [-0.25, -0.2) is 0 Å². The standard InChI is InChI=1S/C16H22N2O/c1-10(9-17)5-13-6-11(2)16-14(8-13)15(19-4)7-12(3)18-16/h6-8,10H,5,9,17H2,1-4H3. The fourth-order valence-electron chi connectivity index (χ4n) is 2.44. The summed E-state index contributed by atoms with van der Waals surface area (Å²) in [5, 5.41) is 1.09. The zero-order chi connectivity index (χ0) is 14.0. The van der Waals surface area contributed by atoms with Crippen molar-refractivity contribution in [2.24, 2.45) is 11.7 Å². The molecule has 0 aliphatic heterocycles. The molecule has 0 saturated heterocycles. The minimum Gasteiger partial charge on any atom is -0.496 e. The van der Waals surface area contributed by atoms with Gasteiger partial charge in [-0.2, -0.15) is 0 Å². The molecule has 2 N–H and O–H groups in total. The molecule has 2 aromatic rings. The Bertz CT molecular complexity index is 593. The molecule has 19 heavy (non-hydrogen) atoms. The number of hydrogen-bond donors (Lipinski definition) is 1. The van der Waals surface area contributed by atoms with Crippen LogP contribution in [0.15, 0.2) is 18.2 Å². The quantitative estimate of drug-likeness (QED) is 0.917. The molecule has 0 radical (unpaired) electrons. The van der Waals surface area contributed by atoms with Crippen molar-refractivity contribution in [1.29, 1.82) is 0 Å². The van der Waals surface area contributed by atoms with Gasteiger partial charge in [0, 0.05) is 17.1 Å². The van der Waals surface area contributed by atoms with Crippen LogP contribution in [-0.2, 0) is 6.42 Å². The van der Waals surface area contributed by atoms with Gasteiger partial charge in [-0.05, 0) is 49.9 Å². The summed E-state index contributed by atoms with van der Waals surface area (Å²) in [5.74, 6) is 1.38. The molecule has 0 bridgehead atoms. The van der Waals surface area contributed by atoms with Crippen molar-refractivity contribution in [1.82, 2.24) is 4.98 Å². The smallest absolute Gasteiger partial charge is 0.130 e. The van der Waals surface area contributed by atoms with Crippen LogP contribution in [0.3, 0.4) is 0 Å². The maximum Gasteiger partial charge on any atom is 0.130 e. The Morgan fingerprint density at radius 3 is 2.63 bits per heavy atom. The van der Waals surface area contributed by atoms with E-state index in [0.717, 1.165) is 28.8 Å². The molecular weight excluding hydrogens is 236 g/mol. The third-order valence-electron chi connectivity index (χ3n) is 3.46. The predicted octanol–water partition coefficient (Wildman–Crippen LogP) is 3.00. The molecule has 3 nitrogen and oxygen atoms in total. The molecule has 102 valence electrons. The molecule has 1 unspecified atom stereocenters. The van der Waals surface area contributed by atoms with E-state index in [4.69, 9.17) is 10.5 Å². The zero-order valence-corrected chi connectivity index (χ0v) is 12.2. The van der Waals surface area contributed by atoms with Crippen molar-refractivity contribution < 1.29 is 4.74 Å². The van der Waals surface area contributed by atoms with E-state index in [-0.39, 0.29) is 0 Å². The van der Waals surface area contributed by atoms with Crippen molar-refractivity contribution in [2.45, 2.75) is 27.2 Å². The minimum absolute atomic E-state index is 0.487. The lowest BCUT2D eigenvalue weighted by molar-refractivity contribution is 0.419. The number of hydrogen-bond acceptors (Lipinski definition) is 3. The third-order valence-corrected chi connectivity index (χ3v) is 3.46. The first-order valence-corrected chi connectivity index (χ1v) is 6.70. The lowest BCUT2D eigenvalue weighted by Gasteiger charge is -2.13. The molecule has 0 aliphatic carbocycles. The second-order valence-electron chi connectivity index (χ2n) is 5.32. The number of methoxy groups -OCH3 is 1. The van der Waals surface area contributed by atoms with Crippen LogP contribution in [0.2, 0.25) is 0 Å². The molecule has 1 heterocycles. The van der Waals surface area contributed by atoms with Crippen LogP contribution in [-0.4, -0.2) is 18.6 Å². The summed E-state index contributed by atoms with van der Waals surface area (Å²) in [6.07, 6.45) is 0.990. The molecule has 0 spiro atoms. The van der Waals surface area contributed by atoms with Crippen molar-refractivity contribution in [3.8, 4) is 5.75 Å². The van der Waals surface area contributed by atoms with E-state index in [2.05, 4.69) is 31.0 Å². The highest BCUT2D eigenvalue weighted by Crippen LogP contribution is 2.29. The molecule has 0 fully saturated rings. The van der Waals surface area contributed by atoms with Crippen molar-refractivity contribution in [3.05, 3.63) is 35.0 Å². The van der Waals surface area contributed by atoms with Crippen molar-refractivity contribution in [3.63, 3.8) is 0 Å². The van der Waals surface area contributed by atoms with Gasteiger partial charge in [0.2, 0.25) is 0 Å². The van der Waals surface area contributed by atoms with Gasteiger partial charge in [0.05, 0.1) is 12.6 Å². The van der Waals surface area contributed by atoms with Gasteiger partial charge in [-0.1, -0.05) is 13.0 Å². The SMILES string of the molecule is COc1cc(C)nc2c(C)cc(CC(C)CN)cc12. The van der Waals surface area contributed by atoms with E-state index >= 15 is 0 Å². The number of ether oxygens (including phenoxy) is 1. The summed E-state index contributed by atoms with van der Waals surface area (Å²) in [4.78, 5) is 4.62. The van der Waals surface area contributed by atoms with E-state index in [1.54, 1.807) is 7.11 Å². The number of fused-ring (bicyclic) bond motifs is 1. The molecule has 3 heteroatoms. The monoisotopic (exact) mass is 258 g/mol. The second-order valence-corrected chi connectivity index (χ2v) is 5.32. The highest BCUT2D eigenvalue weighted by atomic mass is 16.5. The average Bonchev–Trinajstić information content (AvgIpc) is 2.38. The summed E-state index contributed by atoms with van der Waals surface area (Å²) in [5.41, 5.74) is 10.2. The Kier molecular flexibility index (Phi) is 4.05. The lowest BCUT2D eigenvalue weighted by atomic mass is 9.97. The molecule has 1 aromatic heterocycles. The molecule has 1 atom stereocenters. The van der Waals surface area contributed by atoms with Crippen LogP contribution in [0.1, 0.15) is 23.7 Å². The van der Waals surface area contributed by atoms with Crippen LogP contribution in [0.5, 0.6) is 5.75 Å². The first-order chi connectivity index (χ1) is 9.05. The van der Waals surface area contributed by atoms with Gasteiger partial charge < -0.3 is 10.5 Å². The van der Waals surface area contributed by atoms with E-state index in [1.165, 1.54) is 11.1 Å². The Morgan fingerprint density at radius 2 is 2.00 bits per heavy atom. The van der Waals surface area contributed by atoms with Crippen LogP contribution < -0.4 is 10.5 Å². The molecular formula is C16H22N2O. The molecule has 2 rings (SSSR count). The number of nitrogens with zero attached hydrogens (tertiary/aromatic N) is 1. The zero-order valence-electron chi connectivity index (χ0n) is 12.2. The van der Waals surface area contributed by atoms with Crippen LogP contribution in [0.4, 0.5) is 0 Å². The van der Waals surface area contributed by atoms with Crippen molar-refractivity contribution >= 4 is 10.9 Å². The predicted molar refractivity (Wildman–Crippen MR) is 79.7 cm³/mol. The number of nitrogens with two attached hydrogens (primary N) is 1. The topological polar surface area (TPSA) is 48.1 Å². The maximum atomic E-state index is 5.71. The average molecular weight is 258 g/mol. The van der Waals surface area contributed by atoms with Gasteiger partial charge in [0.25, 0.3) is 0 Å². The largest absolute Gasteiger partial charge is 0.496 e. The summed E-state index contributed by atoms with van der Waals surface area (Å²) in [6.45, 7) is 6.97. The molecule has 0 saturated carbocycles. The Labute approximate surface area is 114 Å².